The number of aromatic amines is 1. The zero-order valence-corrected chi connectivity index (χ0v) is 14.9. The second-order valence-corrected chi connectivity index (χ2v) is 6.11. The highest BCUT2D eigenvalue weighted by Crippen LogP contribution is 2.43. The Balaban J connectivity index is 2.45. The molecular formula is C18H13N3O9. The molecule has 0 bridgehead atoms. The van der Waals surface area contributed by atoms with Gasteiger partial charge in [0.05, 0.1) is 23.0 Å². The molecule has 2 aromatic heterocycles. The fourth-order valence-corrected chi connectivity index (χ4v) is 2.91. The number of aromatic nitrogens is 2. The van der Waals surface area contributed by atoms with E-state index in [4.69, 9.17) is 5.11 Å². The van der Waals surface area contributed by atoms with Crippen LogP contribution in [0.15, 0.2) is 17.1 Å². The van der Waals surface area contributed by atoms with Crippen molar-refractivity contribution in [3.63, 3.8) is 0 Å². The van der Waals surface area contributed by atoms with Gasteiger partial charge in [-0.2, -0.15) is 0 Å². The molecule has 0 unspecified atom stereocenters. The summed E-state index contributed by atoms with van der Waals surface area (Å²) in [4.78, 5) is 55.5. The monoisotopic (exact) mass is 415 g/mol. The van der Waals surface area contributed by atoms with Crippen molar-refractivity contribution in [1.82, 2.24) is 9.97 Å². The van der Waals surface area contributed by atoms with Gasteiger partial charge in [0, 0.05) is 17.0 Å². The van der Waals surface area contributed by atoms with Gasteiger partial charge in [0.15, 0.2) is 5.75 Å². The predicted octanol–water partition coefficient (Wildman–Crippen LogP) is 2.08. The van der Waals surface area contributed by atoms with E-state index < -0.39 is 46.6 Å². The quantitative estimate of drug-likeness (QED) is 0.309. The minimum absolute atomic E-state index is 0.0294. The number of aliphatic imine (C=N–C) groups is 1. The molecule has 0 aliphatic carbocycles. The molecule has 0 saturated carbocycles. The van der Waals surface area contributed by atoms with Gasteiger partial charge >= 0.3 is 23.9 Å². The number of nitrogens with one attached hydrogen (secondary N) is 1. The third-order valence-electron chi connectivity index (χ3n) is 4.18. The van der Waals surface area contributed by atoms with Crippen LogP contribution >= 0.6 is 0 Å². The van der Waals surface area contributed by atoms with E-state index in [1.54, 1.807) is 0 Å². The lowest BCUT2D eigenvalue weighted by atomic mass is 10.0. The van der Waals surface area contributed by atoms with Gasteiger partial charge < -0.3 is 30.5 Å². The van der Waals surface area contributed by atoms with E-state index in [1.807, 2.05) is 0 Å². The highest BCUT2D eigenvalue weighted by atomic mass is 16.4. The molecule has 3 aromatic rings. The van der Waals surface area contributed by atoms with Crippen molar-refractivity contribution >= 4 is 57.6 Å². The summed E-state index contributed by atoms with van der Waals surface area (Å²) in [6.07, 6.45) is 0.860. The highest BCUT2D eigenvalue weighted by molar-refractivity contribution is 6.21. The van der Waals surface area contributed by atoms with Gasteiger partial charge in [0.1, 0.15) is 17.1 Å². The molecular weight excluding hydrogens is 402 g/mol. The second-order valence-electron chi connectivity index (χ2n) is 6.11. The van der Waals surface area contributed by atoms with Crippen LogP contribution in [-0.2, 0) is 4.79 Å². The Morgan fingerprint density at radius 3 is 2.30 bits per heavy atom. The number of carboxylic acids is 4. The predicted molar refractivity (Wildman–Crippen MR) is 101 cm³/mol. The van der Waals surface area contributed by atoms with Crippen LogP contribution in [0.1, 0.15) is 44.2 Å². The topological polar surface area (TPSA) is 210 Å². The zero-order chi connectivity index (χ0) is 22.2. The van der Waals surface area contributed by atoms with E-state index in [1.165, 1.54) is 0 Å². The van der Waals surface area contributed by atoms with Crippen LogP contribution in [0.5, 0.6) is 5.75 Å². The number of benzene rings is 1. The molecule has 154 valence electrons. The van der Waals surface area contributed by atoms with E-state index in [0.29, 0.717) is 0 Å². The normalized spacial score (nSPS) is 11.3. The molecule has 12 heteroatoms. The van der Waals surface area contributed by atoms with E-state index in [2.05, 4.69) is 15.0 Å². The lowest BCUT2D eigenvalue weighted by Crippen LogP contribution is -2.07. The van der Waals surface area contributed by atoms with Crippen LogP contribution in [0.2, 0.25) is 0 Å². The van der Waals surface area contributed by atoms with Crippen molar-refractivity contribution in [3.05, 3.63) is 29.1 Å². The molecule has 3 rings (SSSR count). The number of aromatic hydroxyl groups is 1. The molecule has 0 aliphatic rings. The summed E-state index contributed by atoms with van der Waals surface area (Å²) < 4.78 is 0. The fraction of sp³-hybridized carbons (Fsp3) is 0.111. The van der Waals surface area contributed by atoms with Gasteiger partial charge in [0.2, 0.25) is 0 Å². The Bertz CT molecular complexity index is 1270. The summed E-state index contributed by atoms with van der Waals surface area (Å²) >= 11 is 0. The standard InChI is InChI=1S/C18H13N3O9/c22-10(23)2-1-3-19-14-13-11(6(16(25)26)4-8(21-13)17(27)28)12-7(15(14)24)5-9(20-12)18(29)30/h3-5,21,24H,1-2H2,(H,22,23)(H,25,26)(H,27,28)(H,29,30). The van der Waals surface area contributed by atoms with E-state index >= 15 is 0 Å². The van der Waals surface area contributed by atoms with Gasteiger partial charge in [-0.25, -0.2) is 19.4 Å². The number of pyridine rings is 1. The molecule has 0 spiro atoms. The molecule has 12 nitrogen and oxygen atoms in total. The number of H-pyrrole nitrogens is 1. The summed E-state index contributed by atoms with van der Waals surface area (Å²) in [6, 6.07) is 1.87. The Kier molecular flexibility index (Phi) is 5.07. The van der Waals surface area contributed by atoms with Gasteiger partial charge in [-0.1, -0.05) is 0 Å². The molecule has 6 N–H and O–H groups in total. The first-order valence-corrected chi connectivity index (χ1v) is 8.28. The number of carboxylic acid groups (broad SMARTS) is 4. The average molecular weight is 415 g/mol. The van der Waals surface area contributed by atoms with Gasteiger partial charge in [-0.15, -0.1) is 0 Å². The number of rotatable bonds is 7. The second kappa shape index (κ2) is 7.50. The molecule has 0 saturated heterocycles. The van der Waals surface area contributed by atoms with Gasteiger partial charge in [-0.05, 0) is 18.6 Å². The number of aliphatic carboxylic acids is 1. The fourth-order valence-electron chi connectivity index (χ4n) is 2.91. The van der Waals surface area contributed by atoms with Crippen molar-refractivity contribution in [2.24, 2.45) is 4.99 Å². The average Bonchev–Trinajstić information content (AvgIpc) is 3.12. The largest absolute Gasteiger partial charge is 0.505 e. The number of aromatic carboxylic acids is 3. The molecule has 30 heavy (non-hydrogen) atoms. The maximum Gasteiger partial charge on any atom is 0.354 e. The molecule has 0 aliphatic heterocycles. The number of hydrogen-bond acceptors (Lipinski definition) is 7. The molecule has 1 aromatic carbocycles. The summed E-state index contributed by atoms with van der Waals surface area (Å²) in [6.45, 7) is 0. The number of phenolic OH excluding ortho intramolecular Hbond substituents is 1. The number of hydrogen-bond donors (Lipinski definition) is 6. The van der Waals surface area contributed by atoms with Gasteiger partial charge in [0.25, 0.3) is 0 Å². The van der Waals surface area contributed by atoms with Crippen molar-refractivity contribution < 1.29 is 44.7 Å². The van der Waals surface area contributed by atoms with Crippen molar-refractivity contribution in [1.29, 1.82) is 0 Å². The molecule has 0 radical (unpaired) electrons. The number of phenols is 1. The summed E-state index contributed by atoms with van der Waals surface area (Å²) in [5.41, 5.74) is -2.15. The lowest BCUT2D eigenvalue weighted by Gasteiger charge is -2.11. The number of fused-ring (bicyclic) bond motifs is 3. The summed E-state index contributed by atoms with van der Waals surface area (Å²) in [5.74, 6) is -6.08. The Hall–Kier alpha value is -4.48. The maximum atomic E-state index is 11.8. The highest BCUT2D eigenvalue weighted by Gasteiger charge is 2.25. The minimum Gasteiger partial charge on any atom is -0.505 e. The number of carbonyl (C=O) groups is 4. The SMILES string of the molecule is O=C(O)CCC=Nc1c(O)c2cc(C(=O)O)nc2c2c(C(=O)O)cc(C(=O)O)[nH]c12. The van der Waals surface area contributed by atoms with Crippen LogP contribution in [0, 0.1) is 0 Å². The first-order valence-electron chi connectivity index (χ1n) is 8.28. The third kappa shape index (κ3) is 3.48. The lowest BCUT2D eigenvalue weighted by molar-refractivity contribution is -0.136. The van der Waals surface area contributed by atoms with Crippen LogP contribution in [0.3, 0.4) is 0 Å². The maximum absolute atomic E-state index is 11.8. The van der Waals surface area contributed by atoms with Crippen LogP contribution in [0.4, 0.5) is 5.69 Å². The molecule has 0 amide bonds. The summed E-state index contributed by atoms with van der Waals surface area (Å²) in [5, 5.41) is 47.2. The van der Waals surface area contributed by atoms with Crippen LogP contribution in [0.25, 0.3) is 21.8 Å². The van der Waals surface area contributed by atoms with Crippen LogP contribution in [-0.4, -0.2) is 65.6 Å². The van der Waals surface area contributed by atoms with Crippen molar-refractivity contribution in [2.75, 3.05) is 0 Å². The molecule has 2 heterocycles. The van der Waals surface area contributed by atoms with Gasteiger partial charge in [-0.3, -0.25) is 9.79 Å². The first kappa shape index (κ1) is 20.3. The third-order valence-corrected chi connectivity index (χ3v) is 4.18. The first-order chi connectivity index (χ1) is 14.1. The number of nitrogens with zero attached hydrogens (tertiary/aromatic N) is 2. The van der Waals surface area contributed by atoms with Crippen LogP contribution < -0.4 is 0 Å². The smallest absolute Gasteiger partial charge is 0.354 e. The molecule has 0 atom stereocenters. The van der Waals surface area contributed by atoms with Crippen molar-refractivity contribution in [3.8, 4) is 5.75 Å². The van der Waals surface area contributed by atoms with Crippen molar-refractivity contribution in [2.45, 2.75) is 12.8 Å². The molecule has 0 fully saturated rings. The Morgan fingerprint density at radius 1 is 1.03 bits per heavy atom. The summed E-state index contributed by atoms with van der Waals surface area (Å²) in [7, 11) is 0. The Labute approximate surface area is 165 Å². The Morgan fingerprint density at radius 2 is 1.73 bits per heavy atom. The van der Waals surface area contributed by atoms with E-state index in [0.717, 1.165) is 18.3 Å². The van der Waals surface area contributed by atoms with E-state index in [9.17, 15) is 39.6 Å². The zero-order valence-electron chi connectivity index (χ0n) is 14.9. The minimum atomic E-state index is -1.51. The van der Waals surface area contributed by atoms with E-state index in [-0.39, 0.29) is 40.3 Å².